The second-order valence-corrected chi connectivity index (χ2v) is 7.07. The van der Waals surface area contributed by atoms with E-state index in [0.29, 0.717) is 43.8 Å². The molecule has 0 saturated carbocycles. The zero-order valence-corrected chi connectivity index (χ0v) is 14.9. The quantitative estimate of drug-likeness (QED) is 0.835. The van der Waals surface area contributed by atoms with Crippen LogP contribution in [0.2, 0.25) is 0 Å². The third kappa shape index (κ3) is 3.31. The van der Waals surface area contributed by atoms with Crippen molar-refractivity contribution in [3.63, 3.8) is 0 Å². The summed E-state index contributed by atoms with van der Waals surface area (Å²) in [7, 11) is 0. The van der Waals surface area contributed by atoms with Crippen LogP contribution in [0.1, 0.15) is 30.5 Å². The predicted molar refractivity (Wildman–Crippen MR) is 92.8 cm³/mol. The molecule has 2 fully saturated rings. The molecule has 0 radical (unpaired) electrons. The van der Waals surface area contributed by atoms with Gasteiger partial charge in [0.05, 0.1) is 0 Å². The van der Waals surface area contributed by atoms with Gasteiger partial charge in [-0.15, -0.1) is 0 Å². The lowest BCUT2D eigenvalue weighted by Crippen LogP contribution is -2.38. The third-order valence-corrected chi connectivity index (χ3v) is 5.45. The molecule has 0 N–H and O–H groups in total. The van der Waals surface area contributed by atoms with Gasteiger partial charge in [0, 0.05) is 44.6 Å². The Bertz CT molecular complexity index is 755. The monoisotopic (exact) mass is 357 g/mol. The van der Waals surface area contributed by atoms with E-state index in [4.69, 9.17) is 14.0 Å². The Labute approximate surface area is 152 Å². The second-order valence-electron chi connectivity index (χ2n) is 7.07. The maximum atomic E-state index is 12.7. The highest BCUT2D eigenvalue weighted by Gasteiger charge is 2.51. The number of aromatic nitrogens is 2. The molecule has 1 aromatic carbocycles. The van der Waals surface area contributed by atoms with Crippen molar-refractivity contribution in [3.05, 3.63) is 42.0 Å². The Balaban J connectivity index is 1.48. The van der Waals surface area contributed by atoms with E-state index in [0.717, 1.165) is 12.8 Å². The van der Waals surface area contributed by atoms with Gasteiger partial charge < -0.3 is 18.9 Å². The summed E-state index contributed by atoms with van der Waals surface area (Å²) in [5.74, 6) is 2.02. The molecule has 26 heavy (non-hydrogen) atoms. The first kappa shape index (κ1) is 17.0. The summed E-state index contributed by atoms with van der Waals surface area (Å²) in [5, 5.41) is 4.14. The van der Waals surface area contributed by atoms with Gasteiger partial charge in [-0.05, 0) is 25.0 Å². The molecular weight excluding hydrogens is 334 g/mol. The molecule has 7 heteroatoms. The SMILES string of the molecule is Cc1nc(C2CN(C(=O)COc3ccccc3)CC23CCOCC3)no1. The summed E-state index contributed by atoms with van der Waals surface area (Å²) in [6.07, 6.45) is 1.79. The Morgan fingerprint density at radius 2 is 2.08 bits per heavy atom. The largest absolute Gasteiger partial charge is 0.484 e. The van der Waals surface area contributed by atoms with Crippen LogP contribution in [0.5, 0.6) is 5.75 Å². The second kappa shape index (κ2) is 7.07. The van der Waals surface area contributed by atoms with Crippen molar-refractivity contribution in [2.45, 2.75) is 25.7 Å². The van der Waals surface area contributed by atoms with E-state index < -0.39 is 0 Å². The summed E-state index contributed by atoms with van der Waals surface area (Å²) in [4.78, 5) is 19.1. The van der Waals surface area contributed by atoms with E-state index in [2.05, 4.69) is 10.1 Å². The van der Waals surface area contributed by atoms with Crippen molar-refractivity contribution in [2.75, 3.05) is 32.9 Å². The Hall–Kier alpha value is -2.41. The molecule has 138 valence electrons. The number of ether oxygens (including phenoxy) is 2. The minimum atomic E-state index is -0.0447. The first-order valence-corrected chi connectivity index (χ1v) is 9.00. The average molecular weight is 357 g/mol. The number of para-hydroxylation sites is 1. The number of carbonyl (C=O) groups excluding carboxylic acids is 1. The molecule has 1 amide bonds. The highest BCUT2D eigenvalue weighted by Crippen LogP contribution is 2.48. The fraction of sp³-hybridized carbons (Fsp3) is 0.526. The number of hydrogen-bond acceptors (Lipinski definition) is 6. The third-order valence-electron chi connectivity index (χ3n) is 5.45. The maximum absolute atomic E-state index is 12.7. The van der Waals surface area contributed by atoms with Gasteiger partial charge in [-0.25, -0.2) is 0 Å². The minimum Gasteiger partial charge on any atom is -0.484 e. The number of hydrogen-bond donors (Lipinski definition) is 0. The highest BCUT2D eigenvalue weighted by atomic mass is 16.5. The fourth-order valence-electron chi connectivity index (χ4n) is 4.01. The number of carbonyl (C=O) groups is 1. The molecular formula is C19H23N3O4. The van der Waals surface area contributed by atoms with Gasteiger partial charge in [0.15, 0.2) is 12.4 Å². The van der Waals surface area contributed by atoms with E-state index in [1.54, 1.807) is 6.92 Å². The van der Waals surface area contributed by atoms with E-state index in [-0.39, 0.29) is 23.8 Å². The fourth-order valence-corrected chi connectivity index (χ4v) is 4.01. The normalized spacial score (nSPS) is 21.9. The number of aryl methyl sites for hydroxylation is 1. The number of benzene rings is 1. The lowest BCUT2D eigenvalue weighted by atomic mass is 9.72. The Morgan fingerprint density at radius 1 is 1.31 bits per heavy atom. The van der Waals surface area contributed by atoms with Crippen LogP contribution in [0.25, 0.3) is 0 Å². The van der Waals surface area contributed by atoms with Crippen LogP contribution in [0, 0.1) is 12.3 Å². The summed E-state index contributed by atoms with van der Waals surface area (Å²) in [5.41, 5.74) is -0.0447. The van der Waals surface area contributed by atoms with E-state index in [1.165, 1.54) is 0 Å². The molecule has 1 aromatic heterocycles. The van der Waals surface area contributed by atoms with E-state index in [9.17, 15) is 4.79 Å². The van der Waals surface area contributed by atoms with Gasteiger partial charge in [0.1, 0.15) is 5.75 Å². The van der Waals surface area contributed by atoms with Gasteiger partial charge in [0.25, 0.3) is 5.91 Å². The molecule has 0 aliphatic carbocycles. The average Bonchev–Trinajstić information content (AvgIpc) is 3.25. The molecule has 1 unspecified atom stereocenters. The van der Waals surface area contributed by atoms with Crippen LogP contribution in [-0.4, -0.2) is 53.9 Å². The number of amides is 1. The van der Waals surface area contributed by atoms with Gasteiger partial charge in [-0.3, -0.25) is 4.79 Å². The number of likely N-dealkylation sites (tertiary alicyclic amines) is 1. The van der Waals surface area contributed by atoms with Crippen LogP contribution in [0.15, 0.2) is 34.9 Å². The van der Waals surface area contributed by atoms with Gasteiger partial charge in [0.2, 0.25) is 5.89 Å². The van der Waals surface area contributed by atoms with Crippen molar-refractivity contribution in [1.82, 2.24) is 15.0 Å². The van der Waals surface area contributed by atoms with Crippen molar-refractivity contribution in [3.8, 4) is 5.75 Å². The lowest BCUT2D eigenvalue weighted by molar-refractivity contribution is -0.133. The van der Waals surface area contributed by atoms with Crippen molar-refractivity contribution < 1.29 is 18.8 Å². The highest BCUT2D eigenvalue weighted by molar-refractivity contribution is 5.78. The van der Waals surface area contributed by atoms with Crippen molar-refractivity contribution in [1.29, 1.82) is 0 Å². The molecule has 2 aromatic rings. The minimum absolute atomic E-state index is 0.0116. The molecule has 2 saturated heterocycles. The van der Waals surface area contributed by atoms with Gasteiger partial charge in [-0.2, -0.15) is 4.98 Å². The van der Waals surface area contributed by atoms with Crippen LogP contribution < -0.4 is 4.74 Å². The number of rotatable bonds is 4. The molecule has 1 spiro atoms. The first-order valence-electron chi connectivity index (χ1n) is 9.00. The molecule has 1 atom stereocenters. The molecule has 4 rings (SSSR count). The molecule has 0 bridgehead atoms. The first-order chi connectivity index (χ1) is 12.7. The topological polar surface area (TPSA) is 77.7 Å². The van der Waals surface area contributed by atoms with Gasteiger partial charge in [-0.1, -0.05) is 23.4 Å². The standard InChI is InChI=1S/C19H23N3O4/c1-14-20-18(21-26-14)16-11-22(13-19(16)7-9-24-10-8-19)17(23)12-25-15-5-3-2-4-6-15/h2-6,16H,7-13H2,1H3. The van der Waals surface area contributed by atoms with Crippen molar-refractivity contribution >= 4 is 5.91 Å². The number of nitrogens with zero attached hydrogens (tertiary/aromatic N) is 3. The van der Waals surface area contributed by atoms with Crippen molar-refractivity contribution in [2.24, 2.45) is 5.41 Å². The maximum Gasteiger partial charge on any atom is 0.260 e. The molecule has 7 nitrogen and oxygen atoms in total. The zero-order chi connectivity index (χ0) is 18.0. The van der Waals surface area contributed by atoms with E-state index in [1.807, 2.05) is 35.2 Å². The molecule has 2 aliphatic heterocycles. The lowest BCUT2D eigenvalue weighted by Gasteiger charge is -2.36. The summed E-state index contributed by atoms with van der Waals surface area (Å²) in [6.45, 7) is 4.51. The summed E-state index contributed by atoms with van der Waals surface area (Å²) >= 11 is 0. The van der Waals surface area contributed by atoms with Crippen LogP contribution in [-0.2, 0) is 9.53 Å². The predicted octanol–water partition coefficient (Wildman–Crippen LogP) is 2.18. The Morgan fingerprint density at radius 3 is 2.77 bits per heavy atom. The molecule has 2 aliphatic rings. The van der Waals surface area contributed by atoms with Crippen LogP contribution in [0.4, 0.5) is 0 Å². The van der Waals surface area contributed by atoms with Crippen LogP contribution in [0.3, 0.4) is 0 Å². The summed E-state index contributed by atoms with van der Waals surface area (Å²) in [6, 6.07) is 9.40. The Kier molecular flexibility index (Phi) is 4.63. The van der Waals surface area contributed by atoms with Crippen LogP contribution >= 0.6 is 0 Å². The molecule has 3 heterocycles. The smallest absolute Gasteiger partial charge is 0.260 e. The zero-order valence-electron chi connectivity index (χ0n) is 14.9. The van der Waals surface area contributed by atoms with Gasteiger partial charge >= 0.3 is 0 Å². The van der Waals surface area contributed by atoms with E-state index >= 15 is 0 Å². The summed E-state index contributed by atoms with van der Waals surface area (Å²) < 4.78 is 16.4.